The van der Waals surface area contributed by atoms with Gasteiger partial charge in [0.1, 0.15) is 5.82 Å². The lowest BCUT2D eigenvalue weighted by Crippen LogP contribution is -2.23. The Hall–Kier alpha value is -1.66. The molecule has 0 unspecified atom stereocenters. The largest absolute Gasteiger partial charge is 0.409 e. The minimum absolute atomic E-state index is 0.115. The van der Waals surface area contributed by atoms with Crippen LogP contribution >= 0.6 is 0 Å². The monoisotopic (exact) mass is 268 g/mol. The lowest BCUT2D eigenvalue weighted by molar-refractivity contribution is -0.0397. The summed E-state index contributed by atoms with van der Waals surface area (Å²) < 4.78 is 24.7. The molecule has 0 atom stereocenters. The third-order valence-electron chi connectivity index (χ3n) is 3.10. The van der Waals surface area contributed by atoms with Gasteiger partial charge in [0.2, 0.25) is 0 Å². The second-order valence-corrected chi connectivity index (χ2v) is 4.41. The number of hydrogen-bond acceptors (Lipinski definition) is 4. The molecule has 2 rings (SSSR count). The first kappa shape index (κ1) is 13.8. The fourth-order valence-electron chi connectivity index (χ4n) is 1.93. The highest BCUT2D eigenvalue weighted by Gasteiger charge is 2.15. The number of ether oxygens (including phenoxy) is 2. The summed E-state index contributed by atoms with van der Waals surface area (Å²) in [6.45, 7) is 1.60. The number of oxime groups is 1. The minimum atomic E-state index is -0.420. The summed E-state index contributed by atoms with van der Waals surface area (Å²) in [5.74, 6) is -0.535. The molecule has 0 aromatic heterocycles. The van der Waals surface area contributed by atoms with E-state index in [4.69, 9.17) is 20.4 Å². The van der Waals surface area contributed by atoms with Crippen LogP contribution in [0.5, 0.6) is 0 Å². The van der Waals surface area contributed by atoms with Gasteiger partial charge >= 0.3 is 0 Å². The molecule has 0 radical (unpaired) electrons. The molecule has 1 aromatic rings. The van der Waals surface area contributed by atoms with Crippen molar-refractivity contribution in [2.75, 3.05) is 13.2 Å². The van der Waals surface area contributed by atoms with E-state index in [2.05, 4.69) is 5.16 Å². The summed E-state index contributed by atoms with van der Waals surface area (Å²) in [6.07, 6.45) is 1.80. The summed E-state index contributed by atoms with van der Waals surface area (Å²) in [6, 6.07) is 4.42. The maximum Gasteiger partial charge on any atom is 0.170 e. The van der Waals surface area contributed by atoms with Gasteiger partial charge in [0, 0.05) is 24.3 Å². The molecule has 5 nitrogen and oxygen atoms in total. The molecule has 6 heteroatoms. The first-order valence-corrected chi connectivity index (χ1v) is 6.16. The molecule has 1 aliphatic heterocycles. The number of hydrogen-bond donors (Lipinski definition) is 2. The maximum atomic E-state index is 13.8. The second kappa shape index (κ2) is 6.49. The van der Waals surface area contributed by atoms with Crippen LogP contribution in [-0.4, -0.2) is 30.4 Å². The molecule has 1 saturated heterocycles. The van der Waals surface area contributed by atoms with Gasteiger partial charge < -0.3 is 20.4 Å². The van der Waals surface area contributed by atoms with Crippen LogP contribution in [0, 0.1) is 5.82 Å². The van der Waals surface area contributed by atoms with Gasteiger partial charge in [-0.25, -0.2) is 4.39 Å². The molecule has 0 saturated carbocycles. The normalized spacial score (nSPS) is 17.6. The van der Waals surface area contributed by atoms with E-state index in [-0.39, 0.29) is 18.5 Å². The van der Waals surface area contributed by atoms with Gasteiger partial charge in [-0.1, -0.05) is 17.3 Å². The molecule has 3 N–H and O–H groups in total. The molecule has 1 aliphatic rings. The van der Waals surface area contributed by atoms with E-state index in [0.717, 1.165) is 12.8 Å². The fourth-order valence-corrected chi connectivity index (χ4v) is 1.93. The molecule has 19 heavy (non-hydrogen) atoms. The Labute approximate surface area is 110 Å². The van der Waals surface area contributed by atoms with Crippen LogP contribution in [0.3, 0.4) is 0 Å². The van der Waals surface area contributed by atoms with Crippen molar-refractivity contribution >= 4 is 5.84 Å². The summed E-state index contributed by atoms with van der Waals surface area (Å²) in [5.41, 5.74) is 6.19. The van der Waals surface area contributed by atoms with Crippen molar-refractivity contribution in [1.82, 2.24) is 0 Å². The van der Waals surface area contributed by atoms with Crippen LogP contribution in [0.25, 0.3) is 0 Å². The summed E-state index contributed by atoms with van der Waals surface area (Å²) in [5, 5.41) is 11.4. The first-order valence-electron chi connectivity index (χ1n) is 6.16. The average molecular weight is 268 g/mol. The molecule has 1 aromatic carbocycles. The van der Waals surface area contributed by atoms with Gasteiger partial charge in [-0.3, -0.25) is 0 Å². The van der Waals surface area contributed by atoms with Crippen LogP contribution in [0.15, 0.2) is 23.4 Å². The maximum absolute atomic E-state index is 13.8. The molecule has 0 aliphatic carbocycles. The second-order valence-electron chi connectivity index (χ2n) is 4.41. The minimum Gasteiger partial charge on any atom is -0.409 e. The van der Waals surface area contributed by atoms with Gasteiger partial charge in [-0.05, 0) is 18.9 Å². The number of nitrogens with zero attached hydrogens (tertiary/aromatic N) is 1. The quantitative estimate of drug-likeness (QED) is 0.376. The molecular formula is C13H17FN2O3. The Morgan fingerprint density at radius 1 is 1.47 bits per heavy atom. The average Bonchev–Trinajstić information content (AvgIpc) is 2.46. The SMILES string of the molecule is N/C(=N/O)c1ccc(COC2CCOCC2)c(F)c1. The van der Waals surface area contributed by atoms with Crippen molar-refractivity contribution in [3.8, 4) is 0 Å². The van der Waals surface area contributed by atoms with Crippen molar-refractivity contribution in [2.45, 2.75) is 25.6 Å². The summed E-state index contributed by atoms with van der Waals surface area (Å²) >= 11 is 0. The molecule has 0 spiro atoms. The zero-order valence-corrected chi connectivity index (χ0v) is 10.5. The molecular weight excluding hydrogens is 251 g/mol. The Morgan fingerprint density at radius 3 is 2.84 bits per heavy atom. The first-order chi connectivity index (χ1) is 9.20. The van der Waals surface area contributed by atoms with Crippen molar-refractivity contribution in [1.29, 1.82) is 0 Å². The standard InChI is InChI=1S/C13H17FN2O3/c14-12-7-9(13(15)16-17)1-2-10(12)8-19-11-3-5-18-6-4-11/h1-2,7,11,17H,3-6,8H2,(H2,15,16). The van der Waals surface area contributed by atoms with Crippen LogP contribution in [0.4, 0.5) is 4.39 Å². The number of halogens is 1. The predicted molar refractivity (Wildman–Crippen MR) is 67.5 cm³/mol. The Bertz CT molecular complexity index is 459. The number of amidine groups is 1. The number of benzene rings is 1. The lowest BCUT2D eigenvalue weighted by atomic mass is 10.1. The lowest BCUT2D eigenvalue weighted by Gasteiger charge is -2.22. The molecule has 1 fully saturated rings. The van der Waals surface area contributed by atoms with Crippen LogP contribution < -0.4 is 5.73 Å². The van der Waals surface area contributed by atoms with Crippen molar-refractivity contribution < 1.29 is 19.1 Å². The highest BCUT2D eigenvalue weighted by atomic mass is 19.1. The fraction of sp³-hybridized carbons (Fsp3) is 0.462. The van der Waals surface area contributed by atoms with E-state index in [9.17, 15) is 4.39 Å². The van der Waals surface area contributed by atoms with Gasteiger partial charge in [-0.15, -0.1) is 0 Å². The highest BCUT2D eigenvalue weighted by Crippen LogP contribution is 2.16. The van der Waals surface area contributed by atoms with E-state index in [1.54, 1.807) is 12.1 Å². The number of nitrogens with two attached hydrogens (primary N) is 1. The van der Waals surface area contributed by atoms with Crippen molar-refractivity contribution in [2.24, 2.45) is 10.9 Å². The molecule has 0 amide bonds. The van der Waals surface area contributed by atoms with E-state index in [1.165, 1.54) is 6.07 Å². The molecule has 0 bridgehead atoms. The van der Waals surface area contributed by atoms with Gasteiger partial charge in [0.15, 0.2) is 5.84 Å². The van der Waals surface area contributed by atoms with Gasteiger partial charge in [0.05, 0.1) is 12.7 Å². The highest BCUT2D eigenvalue weighted by molar-refractivity contribution is 5.97. The molecule has 104 valence electrons. The van der Waals surface area contributed by atoms with Crippen LogP contribution in [0.1, 0.15) is 24.0 Å². The molecule has 1 heterocycles. The topological polar surface area (TPSA) is 77.1 Å². The van der Waals surface area contributed by atoms with Crippen LogP contribution in [-0.2, 0) is 16.1 Å². The van der Waals surface area contributed by atoms with E-state index in [0.29, 0.717) is 24.3 Å². The van der Waals surface area contributed by atoms with Gasteiger partial charge in [-0.2, -0.15) is 0 Å². The Morgan fingerprint density at radius 2 is 2.21 bits per heavy atom. The van der Waals surface area contributed by atoms with Crippen LogP contribution in [0.2, 0.25) is 0 Å². The summed E-state index contributed by atoms with van der Waals surface area (Å²) in [7, 11) is 0. The third-order valence-corrected chi connectivity index (χ3v) is 3.10. The van der Waals surface area contributed by atoms with E-state index in [1.807, 2.05) is 0 Å². The van der Waals surface area contributed by atoms with E-state index < -0.39 is 5.82 Å². The van der Waals surface area contributed by atoms with E-state index >= 15 is 0 Å². The summed E-state index contributed by atoms with van der Waals surface area (Å²) in [4.78, 5) is 0. The third kappa shape index (κ3) is 3.65. The zero-order chi connectivity index (χ0) is 13.7. The Balaban J connectivity index is 1.97. The van der Waals surface area contributed by atoms with Crippen molar-refractivity contribution in [3.05, 3.63) is 35.1 Å². The Kier molecular flexibility index (Phi) is 4.70. The number of rotatable bonds is 4. The van der Waals surface area contributed by atoms with Gasteiger partial charge in [0.25, 0.3) is 0 Å². The zero-order valence-electron chi connectivity index (χ0n) is 10.5. The predicted octanol–water partition coefficient (Wildman–Crippen LogP) is 1.62. The smallest absolute Gasteiger partial charge is 0.170 e. The van der Waals surface area contributed by atoms with Crippen molar-refractivity contribution in [3.63, 3.8) is 0 Å².